The molecule has 0 N–H and O–H groups in total. The van der Waals surface area contributed by atoms with Crippen LogP contribution in [0.2, 0.25) is 0 Å². The number of hydrogen-bond acceptors (Lipinski definition) is 6. The molecule has 2 aromatic rings. The highest BCUT2D eigenvalue weighted by Gasteiger charge is 2.23. The third-order valence-corrected chi connectivity index (χ3v) is 6.06. The first-order valence-electron chi connectivity index (χ1n) is 10.9. The van der Waals surface area contributed by atoms with Crippen molar-refractivity contribution in [3.05, 3.63) is 47.8 Å². The van der Waals surface area contributed by atoms with Crippen molar-refractivity contribution in [1.82, 2.24) is 19.8 Å². The fourth-order valence-electron chi connectivity index (χ4n) is 4.14. The quantitative estimate of drug-likeness (QED) is 0.752. The molecular weight excluding hydrogens is 376 g/mol. The van der Waals surface area contributed by atoms with Gasteiger partial charge in [0, 0.05) is 64.8 Å². The average molecular weight is 409 g/mol. The van der Waals surface area contributed by atoms with Crippen molar-refractivity contribution < 1.29 is 4.79 Å². The van der Waals surface area contributed by atoms with Gasteiger partial charge in [0.05, 0.1) is 0 Å². The van der Waals surface area contributed by atoms with Crippen LogP contribution in [0.25, 0.3) is 0 Å². The van der Waals surface area contributed by atoms with Crippen LogP contribution in [-0.4, -0.2) is 85.1 Å². The molecule has 0 radical (unpaired) electrons. The van der Waals surface area contributed by atoms with Crippen LogP contribution in [0.3, 0.4) is 0 Å². The summed E-state index contributed by atoms with van der Waals surface area (Å²) >= 11 is 0. The van der Waals surface area contributed by atoms with Gasteiger partial charge >= 0.3 is 0 Å². The lowest BCUT2D eigenvalue weighted by atomic mass is 10.1. The number of likely N-dealkylation sites (N-methyl/N-ethyl adjacent to an activating group) is 1. The lowest BCUT2D eigenvalue weighted by molar-refractivity contribution is -0.131. The minimum absolute atomic E-state index is 0.246. The van der Waals surface area contributed by atoms with Gasteiger partial charge in [-0.15, -0.1) is 0 Å². The lowest BCUT2D eigenvalue weighted by Gasteiger charge is -2.37. The number of anilines is 2. The molecular formula is C23H32N6O. The monoisotopic (exact) mass is 408 g/mol. The summed E-state index contributed by atoms with van der Waals surface area (Å²) in [6, 6.07) is 12.3. The van der Waals surface area contributed by atoms with Gasteiger partial charge in [-0.1, -0.05) is 30.3 Å². The SMILES string of the molecule is Cc1nc(N2CCN(C)CC2)cc(N2CCN(C(=O)CCc3ccccc3)CC2)n1. The fourth-order valence-corrected chi connectivity index (χ4v) is 4.14. The summed E-state index contributed by atoms with van der Waals surface area (Å²) in [5.74, 6) is 3.05. The van der Waals surface area contributed by atoms with Gasteiger partial charge in [-0.05, 0) is 26.0 Å². The van der Waals surface area contributed by atoms with Gasteiger partial charge < -0.3 is 19.6 Å². The number of nitrogens with zero attached hydrogens (tertiary/aromatic N) is 6. The number of amides is 1. The van der Waals surface area contributed by atoms with Crippen molar-refractivity contribution in [1.29, 1.82) is 0 Å². The van der Waals surface area contributed by atoms with E-state index in [0.29, 0.717) is 6.42 Å². The Morgan fingerprint density at radius 2 is 1.43 bits per heavy atom. The molecule has 1 aromatic heterocycles. The largest absolute Gasteiger partial charge is 0.354 e. The molecule has 1 aromatic carbocycles. The predicted molar refractivity (Wildman–Crippen MR) is 120 cm³/mol. The van der Waals surface area contributed by atoms with Crippen LogP contribution in [0.4, 0.5) is 11.6 Å². The molecule has 0 unspecified atom stereocenters. The second kappa shape index (κ2) is 9.43. The lowest BCUT2D eigenvalue weighted by Crippen LogP contribution is -2.49. The Balaban J connectivity index is 1.33. The minimum Gasteiger partial charge on any atom is -0.354 e. The van der Waals surface area contributed by atoms with Gasteiger partial charge in [0.25, 0.3) is 0 Å². The molecule has 2 aliphatic rings. The second-order valence-electron chi connectivity index (χ2n) is 8.28. The molecule has 7 nitrogen and oxygen atoms in total. The number of aryl methyl sites for hydroxylation is 2. The molecule has 30 heavy (non-hydrogen) atoms. The van der Waals surface area contributed by atoms with E-state index in [4.69, 9.17) is 0 Å². The van der Waals surface area contributed by atoms with Crippen LogP contribution in [0.15, 0.2) is 36.4 Å². The fraction of sp³-hybridized carbons (Fsp3) is 0.522. The normalized spacial score (nSPS) is 18.0. The molecule has 3 heterocycles. The maximum absolute atomic E-state index is 12.6. The maximum atomic E-state index is 12.6. The summed E-state index contributed by atoms with van der Waals surface area (Å²) in [7, 11) is 2.16. The minimum atomic E-state index is 0.246. The number of carbonyl (C=O) groups is 1. The number of carbonyl (C=O) groups excluding carboxylic acids is 1. The van der Waals surface area contributed by atoms with Gasteiger partial charge in [0.15, 0.2) is 0 Å². The Morgan fingerprint density at radius 3 is 2.03 bits per heavy atom. The van der Waals surface area contributed by atoms with E-state index >= 15 is 0 Å². The summed E-state index contributed by atoms with van der Waals surface area (Å²) in [5.41, 5.74) is 1.22. The van der Waals surface area contributed by atoms with Crippen LogP contribution in [-0.2, 0) is 11.2 Å². The van der Waals surface area contributed by atoms with Crippen LogP contribution in [0.5, 0.6) is 0 Å². The van der Waals surface area contributed by atoms with E-state index in [1.807, 2.05) is 30.0 Å². The summed E-state index contributed by atoms with van der Waals surface area (Å²) in [4.78, 5) is 31.0. The van der Waals surface area contributed by atoms with E-state index in [2.05, 4.69) is 49.9 Å². The Kier molecular flexibility index (Phi) is 6.47. The van der Waals surface area contributed by atoms with Gasteiger partial charge in [0.1, 0.15) is 17.5 Å². The highest BCUT2D eigenvalue weighted by atomic mass is 16.2. The van der Waals surface area contributed by atoms with Crippen molar-refractivity contribution in [3.63, 3.8) is 0 Å². The summed E-state index contributed by atoms with van der Waals surface area (Å²) in [6.07, 6.45) is 1.38. The average Bonchev–Trinajstić information content (AvgIpc) is 2.78. The van der Waals surface area contributed by atoms with Crippen LogP contribution in [0, 0.1) is 6.92 Å². The molecule has 0 spiro atoms. The van der Waals surface area contributed by atoms with Gasteiger partial charge in [-0.25, -0.2) is 9.97 Å². The molecule has 160 valence electrons. The zero-order valence-electron chi connectivity index (χ0n) is 18.1. The summed E-state index contributed by atoms with van der Waals surface area (Å²) < 4.78 is 0. The predicted octanol–water partition coefficient (Wildman–Crippen LogP) is 1.82. The van der Waals surface area contributed by atoms with E-state index in [1.165, 1.54) is 5.56 Å². The number of rotatable bonds is 5. The maximum Gasteiger partial charge on any atom is 0.223 e. The highest BCUT2D eigenvalue weighted by molar-refractivity contribution is 5.76. The smallest absolute Gasteiger partial charge is 0.223 e. The van der Waals surface area contributed by atoms with E-state index in [-0.39, 0.29) is 5.91 Å². The molecule has 0 saturated carbocycles. The first-order chi connectivity index (χ1) is 14.6. The van der Waals surface area contributed by atoms with Crippen LogP contribution >= 0.6 is 0 Å². The topological polar surface area (TPSA) is 55.8 Å². The van der Waals surface area contributed by atoms with Crippen molar-refractivity contribution in [3.8, 4) is 0 Å². The van der Waals surface area contributed by atoms with Crippen molar-refractivity contribution in [2.24, 2.45) is 0 Å². The summed E-state index contributed by atoms with van der Waals surface area (Å²) in [5, 5.41) is 0. The van der Waals surface area contributed by atoms with Crippen molar-refractivity contribution >= 4 is 17.5 Å². The molecule has 1 amide bonds. The third kappa shape index (κ3) is 5.08. The molecule has 2 saturated heterocycles. The molecule has 4 rings (SSSR count). The van der Waals surface area contributed by atoms with Gasteiger partial charge in [-0.3, -0.25) is 4.79 Å². The molecule has 7 heteroatoms. The summed E-state index contributed by atoms with van der Waals surface area (Å²) in [6.45, 7) is 9.20. The molecule has 2 fully saturated rings. The van der Waals surface area contributed by atoms with E-state index in [1.54, 1.807) is 0 Å². The zero-order valence-corrected chi connectivity index (χ0v) is 18.1. The number of piperazine rings is 2. The van der Waals surface area contributed by atoms with E-state index in [9.17, 15) is 4.79 Å². The van der Waals surface area contributed by atoms with Gasteiger partial charge in [0.2, 0.25) is 5.91 Å². The van der Waals surface area contributed by atoms with Crippen molar-refractivity contribution in [2.45, 2.75) is 19.8 Å². The molecule has 0 atom stereocenters. The Labute approximate surface area is 179 Å². The van der Waals surface area contributed by atoms with Crippen molar-refractivity contribution in [2.75, 3.05) is 69.2 Å². The number of aromatic nitrogens is 2. The Bertz CT molecular complexity index is 842. The molecule has 0 aliphatic carbocycles. The first kappa shape index (κ1) is 20.6. The second-order valence-corrected chi connectivity index (χ2v) is 8.28. The standard InChI is InChI=1S/C23H32N6O/c1-19-24-21(27-12-10-26(2)11-13-27)18-22(25-19)28-14-16-29(17-15-28)23(30)9-8-20-6-4-3-5-7-20/h3-7,18H,8-17H2,1-2H3. The Morgan fingerprint density at radius 1 is 0.867 bits per heavy atom. The zero-order chi connectivity index (χ0) is 20.9. The number of benzene rings is 1. The van der Waals surface area contributed by atoms with Gasteiger partial charge in [-0.2, -0.15) is 0 Å². The first-order valence-corrected chi connectivity index (χ1v) is 10.9. The highest BCUT2D eigenvalue weighted by Crippen LogP contribution is 2.21. The number of hydrogen-bond donors (Lipinski definition) is 0. The van der Waals surface area contributed by atoms with E-state index in [0.717, 1.165) is 76.2 Å². The third-order valence-electron chi connectivity index (χ3n) is 6.06. The van der Waals surface area contributed by atoms with Crippen LogP contribution in [0.1, 0.15) is 17.8 Å². The van der Waals surface area contributed by atoms with Crippen LogP contribution < -0.4 is 9.80 Å². The Hall–Kier alpha value is -2.67. The molecule has 2 aliphatic heterocycles. The van der Waals surface area contributed by atoms with E-state index < -0.39 is 0 Å². The molecule has 0 bridgehead atoms.